The molecule has 0 radical (unpaired) electrons. The van der Waals surface area contributed by atoms with Crippen molar-refractivity contribution in [3.63, 3.8) is 0 Å². The fraction of sp³-hybridized carbons (Fsp3) is 0.867. The highest BCUT2D eigenvalue weighted by atomic mass is 32.2. The summed E-state index contributed by atoms with van der Waals surface area (Å²) < 4.78 is 0. The Balaban J connectivity index is 2.35. The average molecular weight is 316 g/mol. The third-order valence-corrected chi connectivity index (χ3v) is 4.83. The van der Waals surface area contributed by atoms with Crippen LogP contribution in [-0.2, 0) is 4.79 Å². The molecule has 0 saturated carbocycles. The molecule has 1 heterocycles. The number of nitrogens with zero attached hydrogens (tertiary/aromatic N) is 1. The largest absolute Gasteiger partial charge is 0.480 e. The maximum Gasteiger partial charge on any atom is 0.326 e. The smallest absolute Gasteiger partial charge is 0.326 e. The van der Waals surface area contributed by atoms with E-state index in [9.17, 15) is 14.7 Å². The maximum atomic E-state index is 12.1. The molecule has 122 valence electrons. The first-order valence-electron chi connectivity index (χ1n) is 7.86. The highest BCUT2D eigenvalue weighted by Crippen LogP contribution is 2.25. The summed E-state index contributed by atoms with van der Waals surface area (Å²) in [6, 6.07) is -0.887. The van der Waals surface area contributed by atoms with E-state index in [0.717, 1.165) is 37.9 Å². The molecule has 0 aromatic rings. The van der Waals surface area contributed by atoms with Crippen molar-refractivity contribution in [1.29, 1.82) is 0 Å². The molecule has 0 bridgehead atoms. The number of carbonyl (C=O) groups is 2. The van der Waals surface area contributed by atoms with E-state index in [2.05, 4.69) is 18.5 Å². The first kappa shape index (κ1) is 18.1. The van der Waals surface area contributed by atoms with Crippen molar-refractivity contribution >= 4 is 23.8 Å². The number of hydrogen-bond donors (Lipinski definition) is 2. The first-order valence-corrected chi connectivity index (χ1v) is 9.25. The van der Waals surface area contributed by atoms with Crippen molar-refractivity contribution < 1.29 is 14.7 Å². The number of likely N-dealkylation sites (tertiary alicyclic amines) is 1. The van der Waals surface area contributed by atoms with E-state index >= 15 is 0 Å². The molecule has 6 heteroatoms. The number of unbranched alkanes of at least 4 members (excludes halogenated alkanes) is 2. The molecule has 0 aromatic heterocycles. The molecule has 5 nitrogen and oxygen atoms in total. The van der Waals surface area contributed by atoms with Crippen LogP contribution in [0.5, 0.6) is 0 Å². The number of nitrogens with one attached hydrogen (secondary N) is 1. The summed E-state index contributed by atoms with van der Waals surface area (Å²) in [5.74, 6) is 0.685. The summed E-state index contributed by atoms with van der Waals surface area (Å²) in [4.78, 5) is 25.0. The minimum atomic E-state index is -0.886. The number of piperidine rings is 1. The van der Waals surface area contributed by atoms with Gasteiger partial charge in [-0.05, 0) is 43.6 Å². The van der Waals surface area contributed by atoms with Crippen LogP contribution in [0, 0.1) is 5.92 Å². The van der Waals surface area contributed by atoms with Gasteiger partial charge in [-0.3, -0.25) is 0 Å². The minimum absolute atomic E-state index is 0.221. The lowest BCUT2D eigenvalue weighted by Gasteiger charge is -2.36. The molecular formula is C15H28N2O3S. The first-order chi connectivity index (χ1) is 10.1. The van der Waals surface area contributed by atoms with Gasteiger partial charge in [0.2, 0.25) is 0 Å². The summed E-state index contributed by atoms with van der Waals surface area (Å²) in [5, 5.41) is 12.2. The van der Waals surface area contributed by atoms with Gasteiger partial charge in [-0.2, -0.15) is 11.8 Å². The number of aliphatic carboxylic acids is 1. The number of thioether (sulfide) groups is 1. The van der Waals surface area contributed by atoms with Crippen LogP contribution in [0.25, 0.3) is 0 Å². The van der Waals surface area contributed by atoms with Crippen LogP contribution in [0.4, 0.5) is 4.79 Å². The maximum absolute atomic E-state index is 12.1. The van der Waals surface area contributed by atoms with Crippen molar-refractivity contribution in [3.8, 4) is 0 Å². The number of carboxylic acids is 1. The zero-order valence-electron chi connectivity index (χ0n) is 13.1. The van der Waals surface area contributed by atoms with Gasteiger partial charge in [0.25, 0.3) is 0 Å². The second-order valence-electron chi connectivity index (χ2n) is 5.63. The zero-order chi connectivity index (χ0) is 15.7. The summed E-state index contributed by atoms with van der Waals surface area (Å²) in [7, 11) is 0. The third kappa shape index (κ3) is 6.16. The summed E-state index contributed by atoms with van der Waals surface area (Å²) >= 11 is 1.83. The van der Waals surface area contributed by atoms with Gasteiger partial charge in [-0.15, -0.1) is 0 Å². The van der Waals surface area contributed by atoms with Gasteiger partial charge in [-0.25, -0.2) is 9.59 Å². The highest BCUT2D eigenvalue weighted by Gasteiger charge is 2.35. The Labute approximate surface area is 131 Å². The number of carboxylic acid groups (broad SMARTS) is 1. The van der Waals surface area contributed by atoms with E-state index in [0.29, 0.717) is 25.4 Å². The molecule has 2 unspecified atom stereocenters. The van der Waals surface area contributed by atoms with Crippen molar-refractivity contribution in [2.75, 3.05) is 25.1 Å². The highest BCUT2D eigenvalue weighted by molar-refractivity contribution is 7.98. The van der Waals surface area contributed by atoms with Gasteiger partial charge < -0.3 is 15.3 Å². The number of hydrogen-bond acceptors (Lipinski definition) is 3. The molecule has 1 fully saturated rings. The van der Waals surface area contributed by atoms with Crippen molar-refractivity contribution in [2.24, 2.45) is 5.92 Å². The molecule has 21 heavy (non-hydrogen) atoms. The van der Waals surface area contributed by atoms with E-state index in [4.69, 9.17) is 0 Å². The van der Waals surface area contributed by atoms with Gasteiger partial charge in [0.1, 0.15) is 6.04 Å². The van der Waals surface area contributed by atoms with Crippen LogP contribution < -0.4 is 5.32 Å². The van der Waals surface area contributed by atoms with Crippen LogP contribution in [0.1, 0.15) is 45.4 Å². The minimum Gasteiger partial charge on any atom is -0.480 e. The second kappa shape index (κ2) is 9.92. The molecule has 1 rings (SSSR count). The van der Waals surface area contributed by atoms with Gasteiger partial charge in [0.05, 0.1) is 0 Å². The zero-order valence-corrected chi connectivity index (χ0v) is 14.0. The van der Waals surface area contributed by atoms with E-state index in [1.165, 1.54) is 4.90 Å². The van der Waals surface area contributed by atoms with Crippen molar-refractivity contribution in [2.45, 2.75) is 51.5 Å². The van der Waals surface area contributed by atoms with Gasteiger partial charge in [0, 0.05) is 13.1 Å². The third-order valence-electron chi connectivity index (χ3n) is 4.14. The molecule has 1 saturated heterocycles. The quantitative estimate of drug-likeness (QED) is 0.676. The molecule has 1 aliphatic rings. The van der Waals surface area contributed by atoms with E-state index < -0.39 is 12.0 Å². The predicted molar refractivity (Wildman–Crippen MR) is 86.8 cm³/mol. The molecule has 2 amide bonds. The van der Waals surface area contributed by atoms with E-state index in [1.807, 2.05) is 11.8 Å². The fourth-order valence-corrected chi connectivity index (χ4v) is 3.22. The van der Waals surface area contributed by atoms with Crippen LogP contribution >= 0.6 is 11.8 Å². The van der Waals surface area contributed by atoms with Gasteiger partial charge in [0.15, 0.2) is 0 Å². The normalized spacial score (nSPS) is 22.1. The Kier molecular flexibility index (Phi) is 8.57. The summed E-state index contributed by atoms with van der Waals surface area (Å²) in [6.07, 6.45) is 7.77. The molecule has 0 spiro atoms. The van der Waals surface area contributed by atoms with Gasteiger partial charge in [-0.1, -0.05) is 19.8 Å². The Bertz CT molecular complexity index is 339. The Morgan fingerprint density at radius 3 is 2.71 bits per heavy atom. The van der Waals surface area contributed by atoms with Gasteiger partial charge >= 0.3 is 12.0 Å². The van der Waals surface area contributed by atoms with E-state index in [-0.39, 0.29) is 6.03 Å². The lowest BCUT2D eigenvalue weighted by atomic mass is 9.89. The number of rotatable bonds is 8. The van der Waals surface area contributed by atoms with Crippen LogP contribution in [0.3, 0.4) is 0 Å². The molecule has 1 aliphatic heterocycles. The van der Waals surface area contributed by atoms with Crippen molar-refractivity contribution in [3.05, 3.63) is 0 Å². The average Bonchev–Trinajstić information content (AvgIpc) is 2.49. The molecule has 0 aromatic carbocycles. The topological polar surface area (TPSA) is 69.6 Å². The Morgan fingerprint density at radius 2 is 2.10 bits per heavy atom. The fourth-order valence-electron chi connectivity index (χ4n) is 2.73. The number of urea groups is 1. The van der Waals surface area contributed by atoms with E-state index in [1.54, 1.807) is 0 Å². The van der Waals surface area contributed by atoms with Crippen LogP contribution in [-0.4, -0.2) is 53.1 Å². The Morgan fingerprint density at radius 1 is 1.33 bits per heavy atom. The molecule has 2 atom stereocenters. The predicted octanol–water partition coefficient (Wildman–Crippen LogP) is 2.80. The number of amides is 2. The lowest BCUT2D eigenvalue weighted by molar-refractivity contribution is -0.144. The standard InChI is InChI=1S/C15H28N2O3S/c1-3-12-7-9-17(13(11-12)14(18)19)15(20)16-8-5-4-6-10-21-2/h12-13H,3-11H2,1-2H3,(H,16,20)(H,18,19). The lowest BCUT2D eigenvalue weighted by Crippen LogP contribution is -2.53. The summed E-state index contributed by atoms with van der Waals surface area (Å²) in [6.45, 7) is 3.26. The monoisotopic (exact) mass is 316 g/mol. The van der Waals surface area contributed by atoms with Crippen molar-refractivity contribution in [1.82, 2.24) is 10.2 Å². The molecule has 0 aliphatic carbocycles. The molecule has 2 N–H and O–H groups in total. The summed E-state index contributed by atoms with van der Waals surface area (Å²) in [5.41, 5.74) is 0. The Hall–Kier alpha value is -0.910. The van der Waals surface area contributed by atoms with Crippen LogP contribution in [0.2, 0.25) is 0 Å². The van der Waals surface area contributed by atoms with Crippen LogP contribution in [0.15, 0.2) is 0 Å². The number of carbonyl (C=O) groups excluding carboxylic acids is 1. The SMILES string of the molecule is CCC1CCN(C(=O)NCCCCCSC)C(C(=O)O)C1. The molecular weight excluding hydrogens is 288 g/mol. The second-order valence-corrected chi connectivity index (χ2v) is 6.62.